The molecule has 0 radical (unpaired) electrons. The number of amides is 2. The number of guanidine groups is 1. The monoisotopic (exact) mass is 504 g/mol. The van der Waals surface area contributed by atoms with Crippen molar-refractivity contribution in [2.45, 2.75) is 44.4 Å². The van der Waals surface area contributed by atoms with E-state index in [0.717, 1.165) is 18.3 Å². The SMILES string of the molecule is CN=C(NC(=O)OC(C)(C)C)NC(c1cc(NC(=O)c2ccc(F)cn2)ccc1F)C1(O)CCNC1. The molecule has 2 aromatic rings. The highest BCUT2D eigenvalue weighted by Crippen LogP contribution is 2.34. The van der Waals surface area contributed by atoms with E-state index in [1.54, 1.807) is 20.8 Å². The van der Waals surface area contributed by atoms with E-state index in [1.807, 2.05) is 0 Å². The zero-order chi connectivity index (χ0) is 26.5. The lowest BCUT2D eigenvalue weighted by atomic mass is 9.87. The second-order valence-electron chi connectivity index (χ2n) is 9.36. The number of carbonyl (C=O) groups is 2. The Morgan fingerprint density at radius 3 is 2.58 bits per heavy atom. The van der Waals surface area contributed by atoms with Crippen LogP contribution in [0.25, 0.3) is 0 Å². The van der Waals surface area contributed by atoms with Crippen molar-refractivity contribution in [3.8, 4) is 0 Å². The molecule has 194 valence electrons. The van der Waals surface area contributed by atoms with E-state index >= 15 is 4.39 Å². The molecule has 5 N–H and O–H groups in total. The minimum atomic E-state index is -1.45. The normalized spacial score (nSPS) is 18.9. The molecule has 10 nitrogen and oxygen atoms in total. The van der Waals surface area contributed by atoms with Gasteiger partial charge in [0.05, 0.1) is 12.2 Å². The van der Waals surface area contributed by atoms with Gasteiger partial charge in [-0.3, -0.25) is 15.1 Å². The molecule has 1 aliphatic heterocycles. The number of aliphatic hydroxyl groups is 1. The van der Waals surface area contributed by atoms with Crippen LogP contribution in [0, 0.1) is 11.6 Å². The molecular formula is C24H30F2N6O4. The van der Waals surface area contributed by atoms with E-state index in [1.165, 1.54) is 25.2 Å². The molecule has 2 heterocycles. The highest BCUT2D eigenvalue weighted by Gasteiger charge is 2.42. The molecule has 0 spiro atoms. The Morgan fingerprint density at radius 1 is 1.25 bits per heavy atom. The number of rotatable bonds is 5. The van der Waals surface area contributed by atoms with E-state index in [0.29, 0.717) is 6.54 Å². The van der Waals surface area contributed by atoms with Gasteiger partial charge in [0.1, 0.15) is 28.5 Å². The fourth-order valence-corrected chi connectivity index (χ4v) is 3.69. The summed E-state index contributed by atoms with van der Waals surface area (Å²) >= 11 is 0. The number of anilines is 1. The van der Waals surface area contributed by atoms with Gasteiger partial charge in [-0.2, -0.15) is 0 Å². The molecular weight excluding hydrogens is 474 g/mol. The quantitative estimate of drug-likeness (QED) is 0.312. The summed E-state index contributed by atoms with van der Waals surface area (Å²) in [7, 11) is 1.41. The zero-order valence-electron chi connectivity index (χ0n) is 20.5. The molecule has 0 aliphatic carbocycles. The topological polar surface area (TPSA) is 137 Å². The molecule has 0 bridgehead atoms. The fourth-order valence-electron chi connectivity index (χ4n) is 3.69. The number of nitrogens with zero attached hydrogens (tertiary/aromatic N) is 2. The van der Waals surface area contributed by atoms with Crippen molar-refractivity contribution in [1.82, 2.24) is 20.9 Å². The number of aromatic nitrogens is 1. The van der Waals surface area contributed by atoms with Crippen molar-refractivity contribution in [2.24, 2.45) is 4.99 Å². The summed E-state index contributed by atoms with van der Waals surface area (Å²) in [4.78, 5) is 32.5. The van der Waals surface area contributed by atoms with Crippen LogP contribution in [-0.4, -0.2) is 59.4 Å². The predicted octanol–water partition coefficient (Wildman–Crippen LogP) is 2.48. The minimum absolute atomic E-state index is 0.0261. The van der Waals surface area contributed by atoms with Crippen molar-refractivity contribution < 1.29 is 28.2 Å². The van der Waals surface area contributed by atoms with Crippen molar-refractivity contribution in [3.63, 3.8) is 0 Å². The number of hydrogen-bond donors (Lipinski definition) is 5. The molecule has 3 rings (SSSR count). The first-order valence-electron chi connectivity index (χ1n) is 11.3. The van der Waals surface area contributed by atoms with Gasteiger partial charge in [0, 0.05) is 24.8 Å². The standard InChI is InChI=1S/C24H30F2N6O4/c1-23(2,3)36-22(34)32-21(27-4)31-19(24(35)9-10-28-13-24)16-11-15(6-7-17(16)26)30-20(33)18-8-5-14(25)12-29-18/h5-8,11-12,19,28,35H,9-10,13H2,1-4H3,(H,30,33)(H2,27,31,32,34). The fraction of sp³-hybridized carbons (Fsp3) is 0.417. The number of ether oxygens (including phenoxy) is 1. The van der Waals surface area contributed by atoms with Gasteiger partial charge in [-0.05, 0) is 64.1 Å². The number of β-amino-alcohol motifs (C(OH)–C–C–N with tert-alkyl or cyclic N) is 1. The summed E-state index contributed by atoms with van der Waals surface area (Å²) in [6, 6.07) is 5.12. The van der Waals surface area contributed by atoms with Crippen molar-refractivity contribution in [1.29, 1.82) is 0 Å². The Bertz CT molecular complexity index is 1130. The van der Waals surface area contributed by atoms with Crippen LogP contribution in [0.2, 0.25) is 0 Å². The maximum Gasteiger partial charge on any atom is 0.414 e. The summed E-state index contributed by atoms with van der Waals surface area (Å²) in [5, 5.41) is 22.4. The summed E-state index contributed by atoms with van der Waals surface area (Å²) in [6.07, 6.45) is 0.416. The molecule has 1 aromatic carbocycles. The number of halogens is 2. The van der Waals surface area contributed by atoms with Crippen LogP contribution in [0.4, 0.5) is 19.3 Å². The van der Waals surface area contributed by atoms with Gasteiger partial charge in [0.2, 0.25) is 5.96 Å². The second-order valence-corrected chi connectivity index (χ2v) is 9.36. The first-order valence-corrected chi connectivity index (χ1v) is 11.3. The van der Waals surface area contributed by atoms with Gasteiger partial charge in [-0.1, -0.05) is 0 Å². The van der Waals surface area contributed by atoms with Crippen LogP contribution < -0.4 is 21.3 Å². The van der Waals surface area contributed by atoms with Crippen molar-refractivity contribution >= 4 is 23.6 Å². The van der Waals surface area contributed by atoms with E-state index in [2.05, 4.69) is 31.2 Å². The van der Waals surface area contributed by atoms with Crippen LogP contribution >= 0.6 is 0 Å². The second kappa shape index (κ2) is 11.0. The Balaban J connectivity index is 1.88. The third-order valence-corrected chi connectivity index (χ3v) is 5.35. The highest BCUT2D eigenvalue weighted by atomic mass is 19.1. The maximum absolute atomic E-state index is 15.1. The molecule has 2 amide bonds. The Labute approximate surface area is 207 Å². The molecule has 1 saturated heterocycles. The van der Waals surface area contributed by atoms with Gasteiger partial charge in [0.25, 0.3) is 5.91 Å². The van der Waals surface area contributed by atoms with Gasteiger partial charge in [-0.15, -0.1) is 0 Å². The summed E-state index contributed by atoms with van der Waals surface area (Å²) in [6.45, 7) is 5.74. The van der Waals surface area contributed by atoms with E-state index in [-0.39, 0.29) is 35.9 Å². The average molecular weight is 505 g/mol. The van der Waals surface area contributed by atoms with Gasteiger partial charge in [0.15, 0.2) is 0 Å². The lowest BCUT2D eigenvalue weighted by Crippen LogP contribution is -2.52. The third-order valence-electron chi connectivity index (χ3n) is 5.35. The summed E-state index contributed by atoms with van der Waals surface area (Å²) < 4.78 is 33.5. The summed E-state index contributed by atoms with van der Waals surface area (Å²) in [5.74, 6) is -1.91. The molecule has 2 unspecified atom stereocenters. The van der Waals surface area contributed by atoms with E-state index in [9.17, 15) is 19.1 Å². The number of alkyl carbamates (subject to hydrolysis) is 1. The predicted molar refractivity (Wildman–Crippen MR) is 130 cm³/mol. The number of benzene rings is 1. The zero-order valence-corrected chi connectivity index (χ0v) is 20.5. The highest BCUT2D eigenvalue weighted by molar-refractivity contribution is 6.02. The Hall–Kier alpha value is -3.64. The molecule has 1 fully saturated rings. The van der Waals surface area contributed by atoms with Crippen molar-refractivity contribution in [2.75, 3.05) is 25.5 Å². The largest absolute Gasteiger partial charge is 0.444 e. The number of pyridine rings is 1. The Morgan fingerprint density at radius 2 is 2.00 bits per heavy atom. The van der Waals surface area contributed by atoms with Gasteiger partial charge < -0.3 is 25.8 Å². The van der Waals surface area contributed by atoms with Gasteiger partial charge in [-0.25, -0.2) is 18.6 Å². The molecule has 12 heteroatoms. The van der Waals surface area contributed by atoms with E-state index < -0.39 is 40.9 Å². The minimum Gasteiger partial charge on any atom is -0.444 e. The van der Waals surface area contributed by atoms with E-state index in [4.69, 9.17) is 4.74 Å². The first kappa shape index (κ1) is 27.0. The third kappa shape index (κ3) is 6.95. The Kier molecular flexibility index (Phi) is 8.21. The molecule has 0 saturated carbocycles. The smallest absolute Gasteiger partial charge is 0.414 e. The van der Waals surface area contributed by atoms with Crippen LogP contribution in [0.3, 0.4) is 0 Å². The first-order chi connectivity index (χ1) is 16.9. The number of nitrogens with one attached hydrogen (secondary N) is 4. The van der Waals surface area contributed by atoms with Crippen LogP contribution in [0.5, 0.6) is 0 Å². The lowest BCUT2D eigenvalue weighted by Gasteiger charge is -2.34. The molecule has 36 heavy (non-hydrogen) atoms. The van der Waals surface area contributed by atoms with Crippen LogP contribution in [0.15, 0.2) is 41.5 Å². The molecule has 1 aromatic heterocycles. The molecule has 1 aliphatic rings. The van der Waals surface area contributed by atoms with Crippen LogP contribution in [-0.2, 0) is 4.74 Å². The van der Waals surface area contributed by atoms with Gasteiger partial charge >= 0.3 is 6.09 Å². The van der Waals surface area contributed by atoms with Crippen LogP contribution in [0.1, 0.15) is 49.3 Å². The van der Waals surface area contributed by atoms with Crippen molar-refractivity contribution in [3.05, 3.63) is 59.4 Å². The number of hydrogen-bond acceptors (Lipinski definition) is 7. The number of aliphatic imine (C=N–C) groups is 1. The molecule has 2 atom stereocenters. The average Bonchev–Trinajstić information content (AvgIpc) is 3.24. The lowest BCUT2D eigenvalue weighted by molar-refractivity contribution is 0.0244. The number of carbonyl (C=O) groups excluding carboxylic acids is 2. The maximum atomic E-state index is 15.1. The summed E-state index contributed by atoms with van der Waals surface area (Å²) in [5.41, 5.74) is -1.99.